The molecule has 0 bridgehead atoms. The molecule has 1 aromatic heterocycles. The molecule has 6 heteroatoms. The average Bonchev–Trinajstić information content (AvgIpc) is 2.75. The first kappa shape index (κ1) is 15.0. The Balaban J connectivity index is 2.38. The van der Waals surface area contributed by atoms with Gasteiger partial charge in [0, 0.05) is 15.6 Å². The lowest BCUT2D eigenvalue weighted by Gasteiger charge is -2.11. The minimum Gasteiger partial charge on any atom is -0.296 e. The van der Waals surface area contributed by atoms with Crippen LogP contribution in [0.2, 0.25) is 10.0 Å². The number of aromatic nitrogens is 3. The van der Waals surface area contributed by atoms with Crippen molar-refractivity contribution in [2.24, 2.45) is 5.92 Å². The second-order valence-electron chi connectivity index (χ2n) is 5.00. The highest BCUT2D eigenvalue weighted by molar-refractivity contribution is 6.35. The summed E-state index contributed by atoms with van der Waals surface area (Å²) in [6.07, 6.45) is 1.46. The van der Waals surface area contributed by atoms with Crippen LogP contribution in [-0.4, -0.2) is 21.3 Å². The van der Waals surface area contributed by atoms with Gasteiger partial charge in [-0.3, -0.25) is 4.79 Å². The number of halogens is 2. The number of hydrogen-bond donors (Lipinski definition) is 0. The first-order valence-electron chi connectivity index (χ1n) is 6.33. The monoisotopic (exact) mass is 311 g/mol. The maximum absolute atomic E-state index is 11.0. The van der Waals surface area contributed by atoms with Gasteiger partial charge in [0.15, 0.2) is 6.29 Å². The molecule has 4 nitrogen and oxygen atoms in total. The van der Waals surface area contributed by atoms with E-state index >= 15 is 0 Å². The molecule has 1 aromatic carbocycles. The molecule has 0 amide bonds. The lowest BCUT2D eigenvalue weighted by atomic mass is 10.1. The van der Waals surface area contributed by atoms with Gasteiger partial charge >= 0.3 is 0 Å². The van der Waals surface area contributed by atoms with Gasteiger partial charge in [-0.15, -0.1) is 5.10 Å². The SMILES string of the molecule is CC(C)Cc1c(C=O)nnn1Cc1c(Cl)cccc1Cl. The van der Waals surface area contributed by atoms with Crippen LogP contribution in [0.3, 0.4) is 0 Å². The fraction of sp³-hybridized carbons (Fsp3) is 0.357. The highest BCUT2D eigenvalue weighted by Crippen LogP contribution is 2.25. The Morgan fingerprint density at radius 3 is 2.50 bits per heavy atom. The van der Waals surface area contributed by atoms with E-state index in [0.29, 0.717) is 28.2 Å². The largest absolute Gasteiger partial charge is 0.296 e. The molecule has 106 valence electrons. The fourth-order valence-corrected chi connectivity index (χ4v) is 2.51. The van der Waals surface area contributed by atoms with Crippen molar-refractivity contribution in [3.8, 4) is 0 Å². The predicted octanol–water partition coefficient (Wildman–Crippen LogP) is 3.64. The van der Waals surface area contributed by atoms with E-state index in [2.05, 4.69) is 24.2 Å². The smallest absolute Gasteiger partial charge is 0.172 e. The maximum atomic E-state index is 11.0. The Morgan fingerprint density at radius 2 is 1.95 bits per heavy atom. The summed E-state index contributed by atoms with van der Waals surface area (Å²) in [4.78, 5) is 11.0. The third-order valence-corrected chi connectivity index (χ3v) is 3.66. The number of nitrogens with zero attached hydrogens (tertiary/aromatic N) is 3. The van der Waals surface area contributed by atoms with Crippen molar-refractivity contribution in [1.29, 1.82) is 0 Å². The predicted molar refractivity (Wildman–Crippen MR) is 79.5 cm³/mol. The van der Waals surface area contributed by atoms with Crippen LogP contribution in [0.15, 0.2) is 18.2 Å². The molecule has 0 aliphatic heterocycles. The molecule has 2 rings (SSSR count). The van der Waals surface area contributed by atoms with E-state index in [0.717, 1.165) is 24.0 Å². The Labute approximate surface area is 127 Å². The summed E-state index contributed by atoms with van der Waals surface area (Å²) in [5, 5.41) is 9.10. The van der Waals surface area contributed by atoms with Crippen molar-refractivity contribution in [1.82, 2.24) is 15.0 Å². The molecule has 0 atom stereocenters. The van der Waals surface area contributed by atoms with Crippen LogP contribution in [0.25, 0.3) is 0 Å². The second-order valence-corrected chi connectivity index (χ2v) is 5.81. The third-order valence-electron chi connectivity index (χ3n) is 2.95. The van der Waals surface area contributed by atoms with Crippen molar-refractivity contribution >= 4 is 29.5 Å². The minimum atomic E-state index is 0.377. The van der Waals surface area contributed by atoms with Crippen molar-refractivity contribution < 1.29 is 4.79 Å². The van der Waals surface area contributed by atoms with E-state index in [1.807, 2.05) is 0 Å². The van der Waals surface area contributed by atoms with Crippen LogP contribution in [0.5, 0.6) is 0 Å². The molecule has 0 radical (unpaired) electrons. The molecule has 0 aliphatic carbocycles. The maximum Gasteiger partial charge on any atom is 0.172 e. The van der Waals surface area contributed by atoms with E-state index < -0.39 is 0 Å². The topological polar surface area (TPSA) is 47.8 Å². The van der Waals surface area contributed by atoms with Crippen molar-refractivity contribution in [3.63, 3.8) is 0 Å². The van der Waals surface area contributed by atoms with Gasteiger partial charge in [-0.25, -0.2) is 4.68 Å². The Hall–Kier alpha value is -1.39. The molecular formula is C14H15Cl2N3O. The highest BCUT2D eigenvalue weighted by atomic mass is 35.5. The van der Waals surface area contributed by atoms with Gasteiger partial charge in [-0.1, -0.05) is 48.3 Å². The van der Waals surface area contributed by atoms with E-state index in [1.54, 1.807) is 22.9 Å². The van der Waals surface area contributed by atoms with Crippen molar-refractivity contribution in [2.45, 2.75) is 26.8 Å². The number of benzene rings is 1. The molecule has 0 saturated heterocycles. The second kappa shape index (κ2) is 6.37. The van der Waals surface area contributed by atoms with Gasteiger partial charge in [0.2, 0.25) is 0 Å². The molecule has 0 spiro atoms. The van der Waals surface area contributed by atoms with Crippen molar-refractivity contribution in [3.05, 3.63) is 45.2 Å². The zero-order valence-corrected chi connectivity index (χ0v) is 12.8. The summed E-state index contributed by atoms with van der Waals surface area (Å²) >= 11 is 12.3. The van der Waals surface area contributed by atoms with E-state index in [4.69, 9.17) is 23.2 Å². The Morgan fingerprint density at radius 1 is 1.30 bits per heavy atom. The number of carbonyl (C=O) groups excluding carboxylic acids is 1. The first-order chi connectivity index (χ1) is 9.52. The van der Waals surface area contributed by atoms with Gasteiger partial charge in [0.05, 0.1) is 12.2 Å². The molecule has 20 heavy (non-hydrogen) atoms. The van der Waals surface area contributed by atoms with Gasteiger partial charge in [0.1, 0.15) is 5.69 Å². The molecule has 0 saturated carbocycles. The van der Waals surface area contributed by atoms with Crippen LogP contribution < -0.4 is 0 Å². The quantitative estimate of drug-likeness (QED) is 0.792. The highest BCUT2D eigenvalue weighted by Gasteiger charge is 2.16. The molecule has 2 aromatic rings. The summed E-state index contributed by atoms with van der Waals surface area (Å²) in [5.41, 5.74) is 1.97. The first-order valence-corrected chi connectivity index (χ1v) is 7.09. The Kier molecular flexibility index (Phi) is 4.78. The van der Waals surface area contributed by atoms with Gasteiger partial charge in [-0.2, -0.15) is 0 Å². The van der Waals surface area contributed by atoms with Crippen LogP contribution >= 0.6 is 23.2 Å². The van der Waals surface area contributed by atoms with E-state index in [1.165, 1.54) is 0 Å². The number of hydrogen-bond acceptors (Lipinski definition) is 3. The molecule has 0 unspecified atom stereocenters. The van der Waals surface area contributed by atoms with Gasteiger partial charge in [0.25, 0.3) is 0 Å². The fourth-order valence-electron chi connectivity index (χ4n) is 1.99. The lowest BCUT2D eigenvalue weighted by Crippen LogP contribution is -2.10. The lowest BCUT2D eigenvalue weighted by molar-refractivity contribution is 0.111. The summed E-state index contributed by atoms with van der Waals surface area (Å²) in [7, 11) is 0. The molecular weight excluding hydrogens is 297 g/mol. The van der Waals surface area contributed by atoms with Crippen molar-refractivity contribution in [2.75, 3.05) is 0 Å². The van der Waals surface area contributed by atoms with Crippen LogP contribution in [0.4, 0.5) is 0 Å². The number of aldehydes is 1. The third kappa shape index (κ3) is 3.19. The zero-order chi connectivity index (χ0) is 14.7. The van der Waals surface area contributed by atoms with E-state index in [-0.39, 0.29) is 0 Å². The molecule has 0 fully saturated rings. The van der Waals surface area contributed by atoms with E-state index in [9.17, 15) is 4.79 Å². The summed E-state index contributed by atoms with van der Waals surface area (Å²) in [6, 6.07) is 5.35. The molecule has 0 aliphatic rings. The zero-order valence-electron chi connectivity index (χ0n) is 11.3. The molecule has 1 heterocycles. The van der Waals surface area contributed by atoms with Gasteiger partial charge in [-0.05, 0) is 24.5 Å². The summed E-state index contributed by atoms with van der Waals surface area (Å²) < 4.78 is 1.69. The van der Waals surface area contributed by atoms with Gasteiger partial charge < -0.3 is 0 Å². The summed E-state index contributed by atoms with van der Waals surface area (Å²) in [6.45, 7) is 4.56. The summed E-state index contributed by atoms with van der Waals surface area (Å²) in [5.74, 6) is 0.396. The number of carbonyl (C=O) groups is 1. The van der Waals surface area contributed by atoms with Crippen LogP contribution in [-0.2, 0) is 13.0 Å². The molecule has 0 N–H and O–H groups in total. The average molecular weight is 312 g/mol. The van der Waals surface area contributed by atoms with Crippen LogP contribution in [0.1, 0.15) is 35.6 Å². The Bertz CT molecular complexity index is 603. The standard InChI is InChI=1S/C14H15Cl2N3O/c1-9(2)6-14-13(8-20)17-18-19(14)7-10-11(15)4-3-5-12(10)16/h3-5,8-9H,6-7H2,1-2H3. The normalized spacial score (nSPS) is 11.1. The number of rotatable bonds is 5. The van der Waals surface area contributed by atoms with Crippen LogP contribution in [0, 0.1) is 5.92 Å². The minimum absolute atomic E-state index is 0.377.